The predicted molar refractivity (Wildman–Crippen MR) is 118 cm³/mol. The predicted octanol–water partition coefficient (Wildman–Crippen LogP) is 3.72. The summed E-state index contributed by atoms with van der Waals surface area (Å²) in [4.78, 5) is 29.2. The summed E-state index contributed by atoms with van der Waals surface area (Å²) in [7, 11) is 0. The lowest BCUT2D eigenvalue weighted by Crippen LogP contribution is -2.55. The summed E-state index contributed by atoms with van der Waals surface area (Å²) in [5, 5.41) is 0.560. The zero-order chi connectivity index (χ0) is 22.1. The van der Waals surface area contributed by atoms with Crippen molar-refractivity contribution in [3.63, 3.8) is 0 Å². The molecule has 0 unspecified atom stereocenters. The van der Waals surface area contributed by atoms with E-state index in [1.165, 1.54) is 0 Å². The van der Waals surface area contributed by atoms with Crippen LogP contribution in [0.2, 0.25) is 5.02 Å². The van der Waals surface area contributed by atoms with Crippen molar-refractivity contribution >= 4 is 23.4 Å². The Morgan fingerprint density at radius 1 is 0.844 bits per heavy atom. The van der Waals surface area contributed by atoms with Gasteiger partial charge in [-0.05, 0) is 36.4 Å². The van der Waals surface area contributed by atoms with Crippen LogP contribution in [0, 0.1) is 0 Å². The second-order valence-corrected chi connectivity index (χ2v) is 8.03. The number of carbonyl (C=O) groups is 2. The van der Waals surface area contributed by atoms with Crippen LogP contribution in [0.5, 0.6) is 11.5 Å². The van der Waals surface area contributed by atoms with Crippen molar-refractivity contribution in [2.75, 3.05) is 32.8 Å². The molecule has 164 valence electrons. The van der Waals surface area contributed by atoms with Gasteiger partial charge in [-0.1, -0.05) is 35.9 Å². The fraction of sp³-hybridized carbons (Fsp3) is 0.250. The minimum Gasteiger partial charge on any atom is -0.485 e. The molecule has 1 saturated heterocycles. The highest BCUT2D eigenvalue weighted by atomic mass is 35.5. The van der Waals surface area contributed by atoms with E-state index in [0.29, 0.717) is 48.5 Å². The molecule has 2 aliphatic rings. The Bertz CT molecular complexity index is 1150. The number of benzene rings is 2. The molecule has 2 aliphatic heterocycles. The Morgan fingerprint density at radius 2 is 1.53 bits per heavy atom. The van der Waals surface area contributed by atoms with Crippen molar-refractivity contribution < 1.29 is 23.5 Å². The lowest BCUT2D eigenvalue weighted by atomic mass is 10.2. The van der Waals surface area contributed by atoms with Crippen molar-refractivity contribution in [3.8, 4) is 22.8 Å². The molecular weight excluding hydrogens is 432 g/mol. The molecule has 32 heavy (non-hydrogen) atoms. The number of furan rings is 1. The van der Waals surface area contributed by atoms with E-state index in [9.17, 15) is 9.59 Å². The Kier molecular flexibility index (Phi) is 5.49. The Labute approximate surface area is 190 Å². The summed E-state index contributed by atoms with van der Waals surface area (Å²) < 4.78 is 17.3. The second kappa shape index (κ2) is 8.59. The molecule has 7 nitrogen and oxygen atoms in total. The molecule has 0 spiro atoms. The molecule has 3 aromatic rings. The molecule has 0 radical (unpaired) electrons. The first-order valence-corrected chi connectivity index (χ1v) is 10.8. The number of halogens is 1. The number of hydrogen-bond donors (Lipinski definition) is 0. The largest absolute Gasteiger partial charge is 0.485 e. The normalized spacial score (nSPS) is 17.8. The van der Waals surface area contributed by atoms with Gasteiger partial charge in [-0.15, -0.1) is 0 Å². The van der Waals surface area contributed by atoms with Crippen molar-refractivity contribution in [2.45, 2.75) is 6.10 Å². The molecule has 0 aliphatic carbocycles. The van der Waals surface area contributed by atoms with Crippen LogP contribution in [-0.4, -0.2) is 60.5 Å². The van der Waals surface area contributed by atoms with E-state index < -0.39 is 6.10 Å². The summed E-state index contributed by atoms with van der Waals surface area (Å²) >= 11 is 6.22. The highest BCUT2D eigenvalue weighted by Gasteiger charge is 2.34. The number of rotatable bonds is 3. The molecule has 0 bridgehead atoms. The molecule has 8 heteroatoms. The van der Waals surface area contributed by atoms with Gasteiger partial charge >= 0.3 is 0 Å². The van der Waals surface area contributed by atoms with E-state index in [0.717, 1.165) is 5.56 Å². The molecule has 1 fully saturated rings. The maximum Gasteiger partial charge on any atom is 0.289 e. The Balaban J connectivity index is 1.19. The monoisotopic (exact) mass is 452 g/mol. The number of amides is 2. The standard InChI is InChI=1S/C24H21ClN2O5/c25-17-6-2-1-5-16(17)18-9-10-21(31-18)23(28)26-11-13-27(14-12-26)24(29)22-15-30-19-7-3-4-8-20(19)32-22/h1-10,22H,11-15H2/t22-/m1/s1. The minimum atomic E-state index is -0.685. The average molecular weight is 453 g/mol. The summed E-state index contributed by atoms with van der Waals surface area (Å²) in [6.45, 7) is 1.84. The summed E-state index contributed by atoms with van der Waals surface area (Å²) in [5.74, 6) is 1.66. The summed E-state index contributed by atoms with van der Waals surface area (Å²) in [5.41, 5.74) is 0.736. The van der Waals surface area contributed by atoms with Crippen molar-refractivity contribution in [2.24, 2.45) is 0 Å². The first kappa shape index (κ1) is 20.5. The van der Waals surface area contributed by atoms with Gasteiger partial charge in [0.2, 0.25) is 6.10 Å². The molecular formula is C24H21ClN2O5. The maximum atomic E-state index is 12.9. The van der Waals surface area contributed by atoms with Crippen LogP contribution in [0.3, 0.4) is 0 Å². The van der Waals surface area contributed by atoms with E-state index >= 15 is 0 Å². The topological polar surface area (TPSA) is 72.2 Å². The number of fused-ring (bicyclic) bond motifs is 1. The van der Waals surface area contributed by atoms with Crippen molar-refractivity contribution in [1.82, 2.24) is 9.80 Å². The number of hydrogen-bond acceptors (Lipinski definition) is 5. The van der Waals surface area contributed by atoms with Crippen LogP contribution in [0.1, 0.15) is 10.6 Å². The van der Waals surface area contributed by atoms with Crippen LogP contribution >= 0.6 is 11.6 Å². The third-order valence-corrected chi connectivity index (χ3v) is 5.95. The highest BCUT2D eigenvalue weighted by Crippen LogP contribution is 2.32. The molecule has 5 rings (SSSR count). The lowest BCUT2D eigenvalue weighted by Gasteiger charge is -2.36. The summed E-state index contributed by atoms with van der Waals surface area (Å²) in [6.07, 6.45) is -0.685. The van der Waals surface area contributed by atoms with Crippen LogP contribution < -0.4 is 9.47 Å². The smallest absolute Gasteiger partial charge is 0.289 e. The van der Waals surface area contributed by atoms with E-state index in [2.05, 4.69) is 0 Å². The van der Waals surface area contributed by atoms with E-state index in [-0.39, 0.29) is 24.2 Å². The van der Waals surface area contributed by atoms with Crippen molar-refractivity contribution in [1.29, 1.82) is 0 Å². The van der Waals surface area contributed by atoms with Gasteiger partial charge in [0.1, 0.15) is 12.4 Å². The number of para-hydroxylation sites is 2. The molecule has 2 aromatic carbocycles. The van der Waals surface area contributed by atoms with Gasteiger partial charge in [-0.2, -0.15) is 0 Å². The van der Waals surface area contributed by atoms with Gasteiger partial charge in [-0.25, -0.2) is 0 Å². The number of nitrogens with zero attached hydrogens (tertiary/aromatic N) is 2. The van der Waals surface area contributed by atoms with Gasteiger partial charge in [0.15, 0.2) is 17.3 Å². The van der Waals surface area contributed by atoms with Gasteiger partial charge in [0.05, 0.1) is 5.02 Å². The van der Waals surface area contributed by atoms with Crippen LogP contribution in [0.4, 0.5) is 0 Å². The fourth-order valence-corrected chi connectivity index (χ4v) is 4.12. The van der Waals surface area contributed by atoms with Crippen LogP contribution in [-0.2, 0) is 4.79 Å². The minimum absolute atomic E-state index is 0.134. The maximum absolute atomic E-state index is 12.9. The molecule has 1 atom stereocenters. The zero-order valence-corrected chi connectivity index (χ0v) is 18.0. The molecule has 2 amide bonds. The first-order chi connectivity index (χ1) is 15.6. The quantitative estimate of drug-likeness (QED) is 0.605. The van der Waals surface area contributed by atoms with Gasteiger partial charge in [0.25, 0.3) is 11.8 Å². The first-order valence-electron chi connectivity index (χ1n) is 10.4. The Hall–Kier alpha value is -3.45. The third-order valence-electron chi connectivity index (χ3n) is 5.62. The second-order valence-electron chi connectivity index (χ2n) is 7.63. The number of piperazine rings is 1. The van der Waals surface area contributed by atoms with Crippen LogP contribution in [0.15, 0.2) is 65.1 Å². The zero-order valence-electron chi connectivity index (χ0n) is 17.2. The number of carbonyl (C=O) groups excluding carboxylic acids is 2. The fourth-order valence-electron chi connectivity index (χ4n) is 3.89. The van der Waals surface area contributed by atoms with Gasteiger partial charge < -0.3 is 23.7 Å². The van der Waals surface area contributed by atoms with E-state index in [1.54, 1.807) is 34.1 Å². The number of ether oxygens (including phenoxy) is 2. The average Bonchev–Trinajstić information content (AvgIpc) is 3.33. The van der Waals surface area contributed by atoms with E-state index in [1.807, 2.05) is 36.4 Å². The SMILES string of the molecule is O=C(c1ccc(-c2ccccc2Cl)o1)N1CCN(C(=O)[C@H]2COc3ccccc3O2)CC1. The molecule has 0 N–H and O–H groups in total. The lowest BCUT2D eigenvalue weighted by molar-refractivity contribution is -0.142. The van der Waals surface area contributed by atoms with Gasteiger partial charge in [0, 0.05) is 31.7 Å². The van der Waals surface area contributed by atoms with Crippen LogP contribution in [0.25, 0.3) is 11.3 Å². The van der Waals surface area contributed by atoms with Gasteiger partial charge in [-0.3, -0.25) is 9.59 Å². The molecule has 3 heterocycles. The van der Waals surface area contributed by atoms with Crippen molar-refractivity contribution in [3.05, 3.63) is 71.4 Å². The van der Waals surface area contributed by atoms with E-state index in [4.69, 9.17) is 25.5 Å². The molecule has 0 saturated carbocycles. The summed E-state index contributed by atoms with van der Waals surface area (Å²) in [6, 6.07) is 18.0. The molecule has 1 aromatic heterocycles. The third kappa shape index (κ3) is 3.91. The highest BCUT2D eigenvalue weighted by molar-refractivity contribution is 6.33. The Morgan fingerprint density at radius 3 is 2.31 bits per heavy atom.